The molecule has 0 saturated heterocycles. The topological polar surface area (TPSA) is 49.4 Å². The van der Waals surface area contributed by atoms with Gasteiger partial charge in [0.1, 0.15) is 11.9 Å². The maximum absolute atomic E-state index is 14.6. The van der Waals surface area contributed by atoms with Crippen molar-refractivity contribution in [2.75, 3.05) is 12.3 Å². The van der Waals surface area contributed by atoms with Crippen molar-refractivity contribution in [1.29, 1.82) is 0 Å². The molecule has 0 radical (unpaired) electrons. The Balaban J connectivity index is 1.86. The number of thioether (sulfide) groups is 1. The van der Waals surface area contributed by atoms with Crippen molar-refractivity contribution in [2.45, 2.75) is 44.5 Å². The van der Waals surface area contributed by atoms with Crippen LogP contribution in [0.5, 0.6) is 0 Å². The minimum absolute atomic E-state index is 0.0163. The van der Waals surface area contributed by atoms with Crippen LogP contribution in [0.2, 0.25) is 10.0 Å². The summed E-state index contributed by atoms with van der Waals surface area (Å²) >= 11 is 13.9. The Bertz CT molecular complexity index is 1160. The van der Waals surface area contributed by atoms with E-state index in [-0.39, 0.29) is 24.1 Å². The molecule has 3 aromatic rings. The molecule has 0 saturated carbocycles. The zero-order chi connectivity index (χ0) is 26.6. The molecule has 0 heterocycles. The summed E-state index contributed by atoms with van der Waals surface area (Å²) in [5, 5.41) is 4.04. The highest BCUT2D eigenvalue weighted by Crippen LogP contribution is 2.28. The molecule has 0 aromatic heterocycles. The summed E-state index contributed by atoms with van der Waals surface area (Å²) in [6.07, 6.45) is 2.09. The minimum Gasteiger partial charge on any atom is -0.354 e. The summed E-state index contributed by atoms with van der Waals surface area (Å²) in [6, 6.07) is 20.4. The largest absolute Gasteiger partial charge is 0.354 e. The van der Waals surface area contributed by atoms with Crippen LogP contribution in [0, 0.1) is 5.82 Å². The number of benzene rings is 3. The normalized spacial score (nSPS) is 11.7. The Morgan fingerprint density at radius 3 is 2.32 bits per heavy atom. The van der Waals surface area contributed by atoms with E-state index in [1.807, 2.05) is 37.3 Å². The second-order valence-electron chi connectivity index (χ2n) is 8.66. The van der Waals surface area contributed by atoms with E-state index < -0.39 is 11.9 Å². The van der Waals surface area contributed by atoms with Crippen LogP contribution in [0.15, 0.2) is 72.8 Å². The van der Waals surface area contributed by atoms with Crippen LogP contribution in [-0.2, 0) is 28.3 Å². The first kappa shape index (κ1) is 29.0. The van der Waals surface area contributed by atoms with Crippen LogP contribution in [0.1, 0.15) is 36.5 Å². The highest BCUT2D eigenvalue weighted by atomic mass is 35.5. The van der Waals surface area contributed by atoms with Gasteiger partial charge in [0.15, 0.2) is 0 Å². The number of nitrogens with zero attached hydrogens (tertiary/aromatic N) is 1. The van der Waals surface area contributed by atoms with Crippen molar-refractivity contribution in [3.63, 3.8) is 0 Å². The predicted molar refractivity (Wildman–Crippen MR) is 151 cm³/mol. The van der Waals surface area contributed by atoms with Gasteiger partial charge in [-0.15, -0.1) is 11.8 Å². The van der Waals surface area contributed by atoms with E-state index in [0.29, 0.717) is 34.3 Å². The van der Waals surface area contributed by atoms with Crippen LogP contribution in [-0.4, -0.2) is 35.1 Å². The average molecular weight is 562 g/mol. The lowest BCUT2D eigenvalue weighted by Gasteiger charge is -2.31. The lowest BCUT2D eigenvalue weighted by Crippen LogP contribution is -2.51. The maximum Gasteiger partial charge on any atom is 0.243 e. The summed E-state index contributed by atoms with van der Waals surface area (Å²) < 4.78 is 14.6. The minimum atomic E-state index is -0.795. The molecular weight excluding hydrogens is 530 g/mol. The number of amides is 2. The van der Waals surface area contributed by atoms with Gasteiger partial charge in [-0.1, -0.05) is 91.1 Å². The fourth-order valence-corrected chi connectivity index (χ4v) is 5.51. The van der Waals surface area contributed by atoms with Crippen molar-refractivity contribution < 1.29 is 14.0 Å². The van der Waals surface area contributed by atoms with Crippen molar-refractivity contribution in [2.24, 2.45) is 0 Å². The molecule has 1 unspecified atom stereocenters. The summed E-state index contributed by atoms with van der Waals surface area (Å²) in [5.41, 5.74) is 2.02. The quantitative estimate of drug-likeness (QED) is 0.231. The van der Waals surface area contributed by atoms with Gasteiger partial charge in [0.25, 0.3) is 0 Å². The van der Waals surface area contributed by atoms with Crippen molar-refractivity contribution in [3.8, 4) is 0 Å². The van der Waals surface area contributed by atoms with Gasteiger partial charge in [0, 0.05) is 40.9 Å². The van der Waals surface area contributed by atoms with Gasteiger partial charge < -0.3 is 10.2 Å². The van der Waals surface area contributed by atoms with Crippen LogP contribution in [0.4, 0.5) is 4.39 Å². The fraction of sp³-hybridized carbons (Fsp3) is 0.310. The van der Waals surface area contributed by atoms with Crippen molar-refractivity contribution >= 4 is 46.8 Å². The van der Waals surface area contributed by atoms with E-state index in [4.69, 9.17) is 23.2 Å². The Kier molecular flexibility index (Phi) is 11.8. The molecule has 0 fully saturated rings. The molecule has 3 aromatic carbocycles. The SMILES string of the molecule is CCCCNC(=O)C(Cc1ccccc1)N(Cc1ccccc1F)C(=O)CSCc1c(Cl)cccc1Cl. The van der Waals surface area contributed by atoms with Crippen LogP contribution >= 0.6 is 35.0 Å². The zero-order valence-electron chi connectivity index (χ0n) is 20.8. The first-order chi connectivity index (χ1) is 17.9. The summed E-state index contributed by atoms with van der Waals surface area (Å²) in [5.74, 6) is -0.405. The molecule has 0 aliphatic rings. The smallest absolute Gasteiger partial charge is 0.243 e. The third kappa shape index (κ3) is 8.77. The Labute approximate surface area is 232 Å². The number of carbonyl (C=O) groups excluding carboxylic acids is 2. The number of hydrogen-bond donors (Lipinski definition) is 1. The molecule has 0 aliphatic heterocycles. The first-order valence-corrected chi connectivity index (χ1v) is 14.2. The summed E-state index contributed by atoms with van der Waals surface area (Å²) in [4.78, 5) is 28.5. The molecule has 1 atom stereocenters. The fourth-order valence-electron chi connectivity index (χ4n) is 3.86. The van der Waals surface area contributed by atoms with Gasteiger partial charge in [-0.05, 0) is 35.7 Å². The van der Waals surface area contributed by atoms with Gasteiger partial charge in [0.2, 0.25) is 11.8 Å². The van der Waals surface area contributed by atoms with Gasteiger partial charge in [-0.2, -0.15) is 0 Å². The molecule has 37 heavy (non-hydrogen) atoms. The van der Waals surface area contributed by atoms with E-state index in [0.717, 1.165) is 24.0 Å². The van der Waals surface area contributed by atoms with Crippen LogP contribution in [0.25, 0.3) is 0 Å². The molecule has 1 N–H and O–H groups in total. The third-order valence-electron chi connectivity index (χ3n) is 5.93. The highest BCUT2D eigenvalue weighted by molar-refractivity contribution is 7.99. The second kappa shape index (κ2) is 15.0. The number of halogens is 3. The molecule has 0 aliphatic carbocycles. The zero-order valence-corrected chi connectivity index (χ0v) is 23.1. The lowest BCUT2D eigenvalue weighted by molar-refractivity contribution is -0.139. The number of nitrogens with one attached hydrogen (secondary N) is 1. The standard InChI is InChI=1S/C29H31Cl2FN2O2S/c1-2-3-16-33-29(36)27(17-21-10-5-4-6-11-21)34(18-22-12-7-8-15-26(22)32)28(35)20-37-19-23-24(30)13-9-14-25(23)31/h4-15,27H,2-3,16-20H2,1H3,(H,33,36). The van der Waals surface area contributed by atoms with E-state index in [1.165, 1.54) is 22.7 Å². The van der Waals surface area contributed by atoms with Gasteiger partial charge in [0.05, 0.1) is 5.75 Å². The number of unbranched alkanes of at least 4 members (excludes halogenated alkanes) is 1. The highest BCUT2D eigenvalue weighted by Gasteiger charge is 2.30. The number of hydrogen-bond acceptors (Lipinski definition) is 3. The molecule has 0 spiro atoms. The molecule has 4 nitrogen and oxygen atoms in total. The lowest BCUT2D eigenvalue weighted by atomic mass is 10.0. The van der Waals surface area contributed by atoms with Crippen LogP contribution < -0.4 is 5.32 Å². The molecule has 3 rings (SSSR count). The molecular formula is C29H31Cl2FN2O2S. The van der Waals surface area contributed by atoms with E-state index in [9.17, 15) is 14.0 Å². The maximum atomic E-state index is 14.6. The van der Waals surface area contributed by atoms with Crippen molar-refractivity contribution in [1.82, 2.24) is 10.2 Å². The molecule has 8 heteroatoms. The van der Waals surface area contributed by atoms with Gasteiger partial charge in [-0.25, -0.2) is 4.39 Å². The monoisotopic (exact) mass is 560 g/mol. The first-order valence-electron chi connectivity index (χ1n) is 12.3. The Hall–Kier alpha value is -2.54. The molecule has 196 valence electrons. The number of rotatable bonds is 13. The van der Waals surface area contributed by atoms with Crippen LogP contribution in [0.3, 0.4) is 0 Å². The van der Waals surface area contributed by atoms with E-state index in [2.05, 4.69) is 5.32 Å². The summed E-state index contributed by atoms with van der Waals surface area (Å²) in [6.45, 7) is 2.55. The third-order valence-corrected chi connectivity index (χ3v) is 7.58. The van der Waals surface area contributed by atoms with E-state index >= 15 is 0 Å². The predicted octanol–water partition coefficient (Wildman–Crippen LogP) is 6.92. The van der Waals surface area contributed by atoms with Gasteiger partial charge >= 0.3 is 0 Å². The molecule has 0 bridgehead atoms. The number of carbonyl (C=O) groups is 2. The Morgan fingerprint density at radius 1 is 0.973 bits per heavy atom. The van der Waals surface area contributed by atoms with Gasteiger partial charge in [-0.3, -0.25) is 9.59 Å². The molecule has 2 amide bonds. The van der Waals surface area contributed by atoms with Crippen molar-refractivity contribution in [3.05, 3.63) is 105 Å². The summed E-state index contributed by atoms with van der Waals surface area (Å²) in [7, 11) is 0. The average Bonchev–Trinajstić information content (AvgIpc) is 2.89. The van der Waals surface area contributed by atoms with E-state index in [1.54, 1.807) is 36.4 Å². The Morgan fingerprint density at radius 2 is 1.65 bits per heavy atom. The second-order valence-corrected chi connectivity index (χ2v) is 10.5.